The second-order valence-corrected chi connectivity index (χ2v) is 5.77. The third-order valence-corrected chi connectivity index (χ3v) is 4.40. The SMILES string of the molecule is CCOC(=O)c1csc2ncnc(Nc3ccccc3CC)c12. The maximum atomic E-state index is 12.1. The monoisotopic (exact) mass is 327 g/mol. The van der Waals surface area contributed by atoms with Crippen LogP contribution in [-0.2, 0) is 11.2 Å². The van der Waals surface area contributed by atoms with Crippen molar-refractivity contribution in [3.8, 4) is 0 Å². The van der Waals surface area contributed by atoms with Gasteiger partial charge in [0.1, 0.15) is 17.0 Å². The molecule has 0 aliphatic rings. The predicted octanol–water partition coefficient (Wildman–Crippen LogP) is 4.17. The van der Waals surface area contributed by atoms with Crippen LogP contribution < -0.4 is 5.32 Å². The zero-order chi connectivity index (χ0) is 16.2. The fourth-order valence-electron chi connectivity index (χ4n) is 2.41. The van der Waals surface area contributed by atoms with Gasteiger partial charge in [0.25, 0.3) is 0 Å². The Hall–Kier alpha value is -2.47. The normalized spacial score (nSPS) is 10.7. The molecule has 6 heteroatoms. The Kier molecular flexibility index (Phi) is 4.52. The summed E-state index contributed by atoms with van der Waals surface area (Å²) in [6, 6.07) is 8.05. The van der Waals surface area contributed by atoms with Crippen LogP contribution in [0.5, 0.6) is 0 Å². The van der Waals surface area contributed by atoms with E-state index in [1.165, 1.54) is 23.2 Å². The number of benzene rings is 1. The molecule has 0 aliphatic heterocycles. The highest BCUT2D eigenvalue weighted by molar-refractivity contribution is 7.17. The van der Waals surface area contributed by atoms with Gasteiger partial charge in [0.2, 0.25) is 0 Å². The van der Waals surface area contributed by atoms with Gasteiger partial charge in [0.05, 0.1) is 17.6 Å². The average molecular weight is 327 g/mol. The first-order valence-corrected chi connectivity index (χ1v) is 8.36. The van der Waals surface area contributed by atoms with Gasteiger partial charge in [-0.15, -0.1) is 11.3 Å². The molecule has 118 valence electrons. The van der Waals surface area contributed by atoms with E-state index in [-0.39, 0.29) is 5.97 Å². The van der Waals surface area contributed by atoms with Crippen LogP contribution in [0, 0.1) is 0 Å². The number of aromatic nitrogens is 2. The lowest BCUT2D eigenvalue weighted by atomic mass is 10.1. The van der Waals surface area contributed by atoms with Crippen molar-refractivity contribution in [1.29, 1.82) is 0 Å². The lowest BCUT2D eigenvalue weighted by molar-refractivity contribution is 0.0529. The van der Waals surface area contributed by atoms with Crippen LogP contribution in [0.15, 0.2) is 36.0 Å². The standard InChI is InChI=1S/C17H17N3O2S/c1-3-11-7-5-6-8-13(11)20-15-14-12(17(21)22-4-2)9-23-16(14)19-10-18-15/h5-10H,3-4H2,1-2H3,(H,18,19,20). The molecule has 0 spiro atoms. The number of hydrogen-bond donors (Lipinski definition) is 1. The Morgan fingerprint density at radius 1 is 1.26 bits per heavy atom. The lowest BCUT2D eigenvalue weighted by Gasteiger charge is -2.11. The third-order valence-electron chi connectivity index (χ3n) is 3.52. The van der Waals surface area contributed by atoms with E-state index in [1.807, 2.05) is 18.2 Å². The molecule has 0 saturated carbocycles. The van der Waals surface area contributed by atoms with E-state index in [9.17, 15) is 4.79 Å². The van der Waals surface area contributed by atoms with E-state index >= 15 is 0 Å². The van der Waals surface area contributed by atoms with E-state index in [4.69, 9.17) is 4.74 Å². The molecule has 2 heterocycles. The molecule has 5 nitrogen and oxygen atoms in total. The largest absolute Gasteiger partial charge is 0.462 e. The molecule has 0 atom stereocenters. The second-order valence-electron chi connectivity index (χ2n) is 4.91. The number of esters is 1. The van der Waals surface area contributed by atoms with Gasteiger partial charge < -0.3 is 10.1 Å². The van der Waals surface area contributed by atoms with Crippen molar-refractivity contribution in [3.05, 3.63) is 47.1 Å². The summed E-state index contributed by atoms with van der Waals surface area (Å²) in [5.41, 5.74) is 2.67. The first-order valence-electron chi connectivity index (χ1n) is 7.48. The van der Waals surface area contributed by atoms with E-state index in [1.54, 1.807) is 12.3 Å². The highest BCUT2D eigenvalue weighted by Gasteiger charge is 2.18. The van der Waals surface area contributed by atoms with Crippen LogP contribution in [0.25, 0.3) is 10.2 Å². The highest BCUT2D eigenvalue weighted by Crippen LogP contribution is 2.32. The molecule has 0 bridgehead atoms. The van der Waals surface area contributed by atoms with Gasteiger partial charge in [0, 0.05) is 11.1 Å². The minimum atomic E-state index is -0.347. The molecule has 0 saturated heterocycles. The van der Waals surface area contributed by atoms with Crippen LogP contribution in [0.4, 0.5) is 11.5 Å². The molecule has 0 fully saturated rings. The van der Waals surface area contributed by atoms with Gasteiger partial charge in [-0.1, -0.05) is 25.1 Å². The van der Waals surface area contributed by atoms with Crippen molar-refractivity contribution in [3.63, 3.8) is 0 Å². The number of nitrogens with one attached hydrogen (secondary N) is 1. The maximum Gasteiger partial charge on any atom is 0.339 e. The number of aryl methyl sites for hydroxylation is 1. The Morgan fingerprint density at radius 3 is 2.87 bits per heavy atom. The molecule has 1 N–H and O–H groups in total. The van der Waals surface area contributed by atoms with Gasteiger partial charge in [0.15, 0.2) is 0 Å². The van der Waals surface area contributed by atoms with Crippen molar-refractivity contribution in [2.45, 2.75) is 20.3 Å². The first kappa shape index (κ1) is 15.4. The quantitative estimate of drug-likeness (QED) is 0.712. The molecule has 0 aliphatic carbocycles. The number of fused-ring (bicyclic) bond motifs is 1. The number of carbonyl (C=O) groups excluding carboxylic acids is 1. The van der Waals surface area contributed by atoms with Gasteiger partial charge in [-0.2, -0.15) is 0 Å². The summed E-state index contributed by atoms with van der Waals surface area (Å²) in [6.45, 7) is 4.23. The minimum Gasteiger partial charge on any atom is -0.462 e. The fraction of sp³-hybridized carbons (Fsp3) is 0.235. The van der Waals surface area contributed by atoms with Crippen molar-refractivity contribution in [2.24, 2.45) is 0 Å². The van der Waals surface area contributed by atoms with E-state index in [0.29, 0.717) is 23.4 Å². The Morgan fingerprint density at radius 2 is 2.09 bits per heavy atom. The van der Waals surface area contributed by atoms with E-state index in [2.05, 4.69) is 28.3 Å². The topological polar surface area (TPSA) is 64.1 Å². The Balaban J connectivity index is 2.07. The zero-order valence-corrected chi connectivity index (χ0v) is 13.8. The average Bonchev–Trinajstić information content (AvgIpc) is 3.01. The number of anilines is 2. The molecular weight excluding hydrogens is 310 g/mol. The van der Waals surface area contributed by atoms with E-state index < -0.39 is 0 Å². The van der Waals surface area contributed by atoms with Crippen LogP contribution in [-0.4, -0.2) is 22.5 Å². The summed E-state index contributed by atoms with van der Waals surface area (Å²) in [6.07, 6.45) is 2.41. The number of hydrogen-bond acceptors (Lipinski definition) is 6. The molecule has 3 rings (SSSR count). The molecule has 23 heavy (non-hydrogen) atoms. The van der Waals surface area contributed by atoms with Gasteiger partial charge in [-0.25, -0.2) is 14.8 Å². The Labute approximate surface area is 138 Å². The van der Waals surface area contributed by atoms with E-state index in [0.717, 1.165) is 16.9 Å². The van der Waals surface area contributed by atoms with Gasteiger partial charge >= 0.3 is 5.97 Å². The summed E-state index contributed by atoms with van der Waals surface area (Å²) in [7, 11) is 0. The molecule has 3 aromatic rings. The summed E-state index contributed by atoms with van der Waals surface area (Å²) < 4.78 is 5.13. The smallest absolute Gasteiger partial charge is 0.339 e. The second kappa shape index (κ2) is 6.75. The Bertz CT molecular complexity index is 845. The number of ether oxygens (including phenoxy) is 1. The summed E-state index contributed by atoms with van der Waals surface area (Å²) in [5, 5.41) is 5.82. The predicted molar refractivity (Wildman–Crippen MR) is 92.5 cm³/mol. The fourth-order valence-corrected chi connectivity index (χ4v) is 3.28. The highest BCUT2D eigenvalue weighted by atomic mass is 32.1. The van der Waals surface area contributed by atoms with Gasteiger partial charge in [-0.05, 0) is 25.0 Å². The minimum absolute atomic E-state index is 0.339. The van der Waals surface area contributed by atoms with Crippen LogP contribution in [0.3, 0.4) is 0 Å². The summed E-state index contributed by atoms with van der Waals surface area (Å²) in [4.78, 5) is 21.5. The maximum absolute atomic E-state index is 12.1. The van der Waals surface area contributed by atoms with Crippen LogP contribution >= 0.6 is 11.3 Å². The lowest BCUT2D eigenvalue weighted by Crippen LogP contribution is -2.05. The third kappa shape index (κ3) is 3.03. The van der Waals surface area contributed by atoms with Crippen LogP contribution in [0.2, 0.25) is 0 Å². The molecule has 0 unspecified atom stereocenters. The zero-order valence-electron chi connectivity index (χ0n) is 13.0. The molecule has 1 aromatic carbocycles. The summed E-state index contributed by atoms with van der Waals surface area (Å²) in [5.74, 6) is 0.278. The number of rotatable bonds is 5. The van der Waals surface area contributed by atoms with Gasteiger partial charge in [-0.3, -0.25) is 0 Å². The van der Waals surface area contributed by atoms with Crippen LogP contribution in [0.1, 0.15) is 29.8 Å². The van der Waals surface area contributed by atoms with Crippen molar-refractivity contribution in [2.75, 3.05) is 11.9 Å². The molecule has 0 amide bonds. The first-order chi connectivity index (χ1) is 11.2. The number of carbonyl (C=O) groups is 1. The number of nitrogens with zero attached hydrogens (tertiary/aromatic N) is 2. The molecule has 2 aromatic heterocycles. The van der Waals surface area contributed by atoms with Crippen molar-refractivity contribution >= 4 is 39.0 Å². The van der Waals surface area contributed by atoms with Crippen molar-refractivity contribution in [1.82, 2.24) is 9.97 Å². The molecular formula is C17H17N3O2S. The number of thiophene rings is 1. The number of para-hydroxylation sites is 1. The molecule has 0 radical (unpaired) electrons. The van der Waals surface area contributed by atoms with Crippen molar-refractivity contribution < 1.29 is 9.53 Å². The summed E-state index contributed by atoms with van der Waals surface area (Å²) >= 11 is 1.41.